The Kier molecular flexibility index (Phi) is 5.67. The lowest BCUT2D eigenvalue weighted by molar-refractivity contribution is -0.121. The van der Waals surface area contributed by atoms with Gasteiger partial charge in [0.05, 0.1) is 22.0 Å². The molecular weight excluding hydrogens is 438 g/mol. The first kappa shape index (κ1) is 20.9. The molecule has 0 unspecified atom stereocenters. The van der Waals surface area contributed by atoms with E-state index >= 15 is 0 Å². The van der Waals surface area contributed by atoms with E-state index in [4.69, 9.17) is 11.6 Å². The fourth-order valence-electron chi connectivity index (χ4n) is 3.31. The lowest BCUT2D eigenvalue weighted by Crippen LogP contribution is -2.48. The summed E-state index contributed by atoms with van der Waals surface area (Å²) in [4.78, 5) is 26.7. The third-order valence-electron chi connectivity index (χ3n) is 4.80. The number of halogens is 1. The highest BCUT2D eigenvalue weighted by molar-refractivity contribution is 7.92. The molecule has 2 amide bonds. The van der Waals surface area contributed by atoms with Crippen molar-refractivity contribution in [3.63, 3.8) is 0 Å². The van der Waals surface area contributed by atoms with E-state index in [1.165, 1.54) is 29.2 Å². The molecular formula is C22H18ClN3O4S. The van der Waals surface area contributed by atoms with Gasteiger partial charge in [-0.3, -0.25) is 18.8 Å². The molecule has 0 saturated heterocycles. The van der Waals surface area contributed by atoms with Gasteiger partial charge in [-0.25, -0.2) is 8.42 Å². The average Bonchev–Trinajstić information content (AvgIpc) is 2.78. The Balaban J connectivity index is 1.73. The molecule has 7 nitrogen and oxygen atoms in total. The summed E-state index contributed by atoms with van der Waals surface area (Å²) in [5.74, 6) is -0.882. The summed E-state index contributed by atoms with van der Waals surface area (Å²) >= 11 is 5.96. The second kappa shape index (κ2) is 8.41. The van der Waals surface area contributed by atoms with E-state index < -0.39 is 22.5 Å². The third-order valence-corrected chi connectivity index (χ3v) is 6.84. The van der Waals surface area contributed by atoms with Gasteiger partial charge >= 0.3 is 0 Å². The quantitative estimate of drug-likeness (QED) is 0.637. The van der Waals surface area contributed by atoms with Crippen LogP contribution in [0.3, 0.4) is 0 Å². The van der Waals surface area contributed by atoms with Crippen LogP contribution in [0, 0.1) is 0 Å². The number of fused-ring (bicyclic) bond motifs is 1. The lowest BCUT2D eigenvalue weighted by atomic mass is 10.2. The largest absolute Gasteiger partial charge is 0.323 e. The summed E-state index contributed by atoms with van der Waals surface area (Å²) in [5, 5.41) is 3.15. The number of hydrogen-bond donors (Lipinski definition) is 1. The van der Waals surface area contributed by atoms with Crippen molar-refractivity contribution in [3.8, 4) is 0 Å². The number of nitrogens with zero attached hydrogens (tertiary/aromatic N) is 2. The van der Waals surface area contributed by atoms with Gasteiger partial charge < -0.3 is 5.32 Å². The van der Waals surface area contributed by atoms with Crippen LogP contribution in [-0.4, -0.2) is 33.3 Å². The van der Waals surface area contributed by atoms with Crippen molar-refractivity contribution in [2.75, 3.05) is 27.6 Å². The van der Waals surface area contributed by atoms with Crippen LogP contribution in [0.1, 0.15) is 0 Å². The molecule has 0 atom stereocenters. The number of hydrogen-bond acceptors (Lipinski definition) is 4. The normalized spacial score (nSPS) is 13.3. The Labute approximate surface area is 184 Å². The fraction of sp³-hybridized carbons (Fsp3) is 0.0909. The summed E-state index contributed by atoms with van der Waals surface area (Å²) < 4.78 is 27.8. The van der Waals surface area contributed by atoms with Crippen molar-refractivity contribution in [1.82, 2.24) is 0 Å². The van der Waals surface area contributed by atoms with Gasteiger partial charge in [0.1, 0.15) is 13.1 Å². The second-order valence-electron chi connectivity index (χ2n) is 6.85. The van der Waals surface area contributed by atoms with Crippen LogP contribution in [0.4, 0.5) is 17.1 Å². The van der Waals surface area contributed by atoms with Crippen LogP contribution in [-0.2, 0) is 19.6 Å². The van der Waals surface area contributed by atoms with E-state index in [0.717, 1.165) is 4.31 Å². The van der Waals surface area contributed by atoms with Crippen LogP contribution in [0.15, 0.2) is 83.8 Å². The van der Waals surface area contributed by atoms with E-state index in [2.05, 4.69) is 5.32 Å². The maximum atomic E-state index is 13.4. The highest BCUT2D eigenvalue weighted by Gasteiger charge is 2.32. The molecule has 0 saturated carbocycles. The Morgan fingerprint density at radius 1 is 0.968 bits per heavy atom. The summed E-state index contributed by atoms with van der Waals surface area (Å²) in [6.45, 7) is -0.684. The lowest BCUT2D eigenvalue weighted by Gasteiger charge is -2.31. The standard InChI is InChI=1S/C22H18ClN3O4S/c23-16-10-12-17(13-11-16)26(31(29,30)18-6-2-1-3-7-18)15-22(28)25-14-21(27)24-19-8-4-5-9-20(19)25/h1-13H,14-15H2,(H,24,27). The summed E-state index contributed by atoms with van der Waals surface area (Å²) in [7, 11) is -4.05. The van der Waals surface area contributed by atoms with E-state index in [9.17, 15) is 18.0 Å². The van der Waals surface area contributed by atoms with Crippen LogP contribution < -0.4 is 14.5 Å². The smallest absolute Gasteiger partial charge is 0.264 e. The zero-order valence-corrected chi connectivity index (χ0v) is 17.8. The van der Waals surface area contributed by atoms with Crippen LogP contribution in [0.2, 0.25) is 5.02 Å². The summed E-state index contributed by atoms with van der Waals surface area (Å²) in [6, 6.07) is 20.9. The van der Waals surface area contributed by atoms with Gasteiger partial charge in [0, 0.05) is 5.02 Å². The van der Waals surface area contributed by atoms with Gasteiger partial charge in [-0.15, -0.1) is 0 Å². The first-order chi connectivity index (χ1) is 14.9. The number of sulfonamides is 1. The first-order valence-corrected chi connectivity index (χ1v) is 11.2. The molecule has 0 radical (unpaired) electrons. The zero-order valence-electron chi connectivity index (χ0n) is 16.2. The number of carbonyl (C=O) groups excluding carboxylic acids is 2. The fourth-order valence-corrected chi connectivity index (χ4v) is 4.87. The maximum Gasteiger partial charge on any atom is 0.264 e. The molecule has 0 spiro atoms. The summed E-state index contributed by atoms with van der Waals surface area (Å²) in [5.41, 5.74) is 1.30. The number of para-hydroxylation sites is 2. The highest BCUT2D eigenvalue weighted by Crippen LogP contribution is 2.30. The molecule has 31 heavy (non-hydrogen) atoms. The van der Waals surface area contributed by atoms with E-state index in [0.29, 0.717) is 16.4 Å². The molecule has 0 bridgehead atoms. The molecule has 3 aromatic carbocycles. The number of rotatable bonds is 5. The SMILES string of the molecule is O=C1CN(C(=O)CN(c2ccc(Cl)cc2)S(=O)(=O)c2ccccc2)c2ccccc2N1. The second-order valence-corrected chi connectivity index (χ2v) is 9.15. The van der Waals surface area contributed by atoms with Crippen LogP contribution in [0.25, 0.3) is 0 Å². The molecule has 3 aromatic rings. The van der Waals surface area contributed by atoms with Gasteiger partial charge in [0.25, 0.3) is 10.0 Å². The topological polar surface area (TPSA) is 86.8 Å². The minimum atomic E-state index is -4.05. The molecule has 1 N–H and O–H groups in total. The number of carbonyl (C=O) groups is 2. The van der Waals surface area contributed by atoms with Gasteiger partial charge in [-0.1, -0.05) is 41.9 Å². The maximum absolute atomic E-state index is 13.4. The highest BCUT2D eigenvalue weighted by atomic mass is 35.5. The molecule has 4 rings (SSSR count). The third kappa shape index (κ3) is 4.26. The number of amides is 2. The molecule has 9 heteroatoms. The van der Waals surface area contributed by atoms with Crippen molar-refractivity contribution < 1.29 is 18.0 Å². The minimum absolute atomic E-state index is 0.0505. The zero-order chi connectivity index (χ0) is 22.0. The van der Waals surface area contributed by atoms with E-state index in [1.54, 1.807) is 54.6 Å². The Bertz CT molecular complexity index is 1230. The minimum Gasteiger partial charge on any atom is -0.323 e. The van der Waals surface area contributed by atoms with Crippen LogP contribution >= 0.6 is 11.6 Å². The molecule has 0 aromatic heterocycles. The van der Waals surface area contributed by atoms with E-state index in [1.807, 2.05) is 0 Å². The van der Waals surface area contributed by atoms with Gasteiger partial charge in [-0.2, -0.15) is 0 Å². The molecule has 0 fully saturated rings. The number of anilines is 3. The van der Waals surface area contributed by atoms with E-state index in [-0.39, 0.29) is 23.0 Å². The summed E-state index contributed by atoms with van der Waals surface area (Å²) in [6.07, 6.45) is 0. The van der Waals surface area contributed by atoms with Gasteiger partial charge in [0.2, 0.25) is 11.8 Å². The monoisotopic (exact) mass is 455 g/mol. The Morgan fingerprint density at radius 2 is 1.61 bits per heavy atom. The van der Waals surface area contributed by atoms with Crippen molar-refractivity contribution in [1.29, 1.82) is 0 Å². The number of benzene rings is 3. The molecule has 1 heterocycles. The molecule has 1 aliphatic rings. The predicted octanol–water partition coefficient (Wildman–Crippen LogP) is 3.52. The van der Waals surface area contributed by atoms with Crippen molar-refractivity contribution in [3.05, 3.63) is 83.9 Å². The van der Waals surface area contributed by atoms with Crippen molar-refractivity contribution in [2.45, 2.75) is 4.90 Å². The van der Waals surface area contributed by atoms with Crippen LogP contribution in [0.5, 0.6) is 0 Å². The van der Waals surface area contributed by atoms with Crippen molar-refractivity contribution >= 4 is 50.5 Å². The molecule has 0 aliphatic carbocycles. The Hall–Kier alpha value is -3.36. The van der Waals surface area contributed by atoms with Gasteiger partial charge in [0.15, 0.2) is 0 Å². The predicted molar refractivity (Wildman–Crippen MR) is 120 cm³/mol. The molecule has 158 valence electrons. The average molecular weight is 456 g/mol. The number of nitrogens with one attached hydrogen (secondary N) is 1. The molecule has 1 aliphatic heterocycles. The van der Waals surface area contributed by atoms with Crippen molar-refractivity contribution in [2.24, 2.45) is 0 Å². The Morgan fingerprint density at radius 3 is 2.32 bits per heavy atom. The van der Waals surface area contributed by atoms with Gasteiger partial charge in [-0.05, 0) is 48.5 Å². The first-order valence-electron chi connectivity index (χ1n) is 9.39.